The van der Waals surface area contributed by atoms with Crippen molar-refractivity contribution in [1.82, 2.24) is 15.1 Å². The van der Waals surface area contributed by atoms with E-state index in [9.17, 15) is 14.4 Å². The number of urea groups is 1. The summed E-state index contributed by atoms with van der Waals surface area (Å²) in [5, 5.41) is 3.38. The Morgan fingerprint density at radius 3 is 2.69 bits per heavy atom. The van der Waals surface area contributed by atoms with Gasteiger partial charge in [-0.2, -0.15) is 0 Å². The number of carbonyl (C=O) groups excluding carboxylic acids is 3. The van der Waals surface area contributed by atoms with Crippen molar-refractivity contribution in [3.63, 3.8) is 0 Å². The Morgan fingerprint density at radius 2 is 2.04 bits per heavy atom. The number of rotatable bonds is 3. The van der Waals surface area contributed by atoms with Gasteiger partial charge in [-0.05, 0) is 45.2 Å². The van der Waals surface area contributed by atoms with Crippen LogP contribution < -0.4 is 5.32 Å². The van der Waals surface area contributed by atoms with Gasteiger partial charge in [-0.1, -0.05) is 29.3 Å². The first-order chi connectivity index (χ1) is 12.2. The second-order valence-corrected chi connectivity index (χ2v) is 7.85. The molecule has 0 spiro atoms. The molecule has 4 amide bonds. The summed E-state index contributed by atoms with van der Waals surface area (Å²) in [7, 11) is 0. The molecule has 2 saturated heterocycles. The molecule has 2 aliphatic heterocycles. The van der Waals surface area contributed by atoms with Crippen molar-refractivity contribution >= 4 is 41.0 Å². The molecule has 2 atom stereocenters. The van der Waals surface area contributed by atoms with E-state index in [1.54, 1.807) is 24.0 Å². The van der Waals surface area contributed by atoms with Crippen molar-refractivity contribution < 1.29 is 14.4 Å². The molecule has 0 aromatic heterocycles. The lowest BCUT2D eigenvalue weighted by Crippen LogP contribution is -2.48. The van der Waals surface area contributed by atoms with Crippen LogP contribution >= 0.6 is 23.2 Å². The predicted molar refractivity (Wildman–Crippen MR) is 99.1 cm³/mol. The molecule has 0 radical (unpaired) electrons. The van der Waals surface area contributed by atoms with Gasteiger partial charge in [-0.15, -0.1) is 0 Å². The molecule has 2 heterocycles. The van der Waals surface area contributed by atoms with E-state index < -0.39 is 17.5 Å². The van der Waals surface area contributed by atoms with Gasteiger partial charge >= 0.3 is 6.03 Å². The lowest BCUT2D eigenvalue weighted by molar-refractivity contribution is -0.140. The second-order valence-electron chi connectivity index (χ2n) is 7.00. The molecular formula is C18H21Cl2N3O3. The maximum atomic E-state index is 13.0. The molecule has 0 saturated carbocycles. The van der Waals surface area contributed by atoms with E-state index in [-0.39, 0.29) is 23.5 Å². The minimum atomic E-state index is -1.33. The molecule has 8 heteroatoms. The molecule has 0 bridgehead atoms. The number of nitrogens with zero attached hydrogens (tertiary/aromatic N) is 2. The number of amides is 4. The highest BCUT2D eigenvalue weighted by Crippen LogP contribution is 2.35. The van der Waals surface area contributed by atoms with Crippen LogP contribution in [0.15, 0.2) is 18.2 Å². The number of carbonyl (C=O) groups is 3. The molecule has 26 heavy (non-hydrogen) atoms. The van der Waals surface area contributed by atoms with Crippen LogP contribution in [0, 0.1) is 0 Å². The van der Waals surface area contributed by atoms with Crippen molar-refractivity contribution in [3.05, 3.63) is 33.8 Å². The second kappa shape index (κ2) is 7.08. The summed E-state index contributed by atoms with van der Waals surface area (Å²) in [5.41, 5.74) is -0.879. The van der Waals surface area contributed by atoms with Gasteiger partial charge in [0, 0.05) is 28.2 Å². The number of likely N-dealkylation sites (tertiary alicyclic amines) is 1. The zero-order valence-corrected chi connectivity index (χ0v) is 16.2. The molecule has 2 fully saturated rings. The Hall–Kier alpha value is -1.79. The van der Waals surface area contributed by atoms with Gasteiger partial charge in [0.05, 0.1) is 0 Å². The summed E-state index contributed by atoms with van der Waals surface area (Å²) in [6.07, 6.45) is 2.96. The van der Waals surface area contributed by atoms with Crippen molar-refractivity contribution in [2.75, 3.05) is 13.1 Å². The normalized spacial score (nSPS) is 26.2. The Kier molecular flexibility index (Phi) is 5.17. The third-order valence-electron chi connectivity index (χ3n) is 5.16. The van der Waals surface area contributed by atoms with E-state index in [0.717, 1.165) is 24.2 Å². The van der Waals surface area contributed by atoms with Crippen molar-refractivity contribution in [3.8, 4) is 0 Å². The van der Waals surface area contributed by atoms with E-state index >= 15 is 0 Å². The van der Waals surface area contributed by atoms with E-state index in [4.69, 9.17) is 23.2 Å². The molecule has 1 aromatic carbocycles. The summed E-state index contributed by atoms with van der Waals surface area (Å²) in [6.45, 7) is 3.95. The van der Waals surface area contributed by atoms with Crippen LogP contribution in [0.25, 0.3) is 0 Å². The number of hydrogen-bond donors (Lipinski definition) is 1. The fourth-order valence-electron chi connectivity index (χ4n) is 3.61. The van der Waals surface area contributed by atoms with Crippen molar-refractivity contribution in [1.29, 1.82) is 0 Å². The van der Waals surface area contributed by atoms with Crippen LogP contribution in [0.2, 0.25) is 10.0 Å². The van der Waals surface area contributed by atoms with Gasteiger partial charge in [0.15, 0.2) is 0 Å². The van der Waals surface area contributed by atoms with Gasteiger partial charge in [0.25, 0.3) is 5.91 Å². The van der Waals surface area contributed by atoms with E-state index in [1.807, 2.05) is 6.92 Å². The average Bonchev–Trinajstić information content (AvgIpc) is 2.79. The van der Waals surface area contributed by atoms with Crippen molar-refractivity contribution in [2.24, 2.45) is 0 Å². The zero-order chi connectivity index (χ0) is 19.1. The first-order valence-electron chi connectivity index (χ1n) is 8.63. The zero-order valence-electron chi connectivity index (χ0n) is 14.7. The molecular weight excluding hydrogens is 377 g/mol. The predicted octanol–water partition coefficient (Wildman–Crippen LogP) is 3.16. The quantitative estimate of drug-likeness (QED) is 0.796. The molecule has 1 aromatic rings. The van der Waals surface area contributed by atoms with E-state index in [1.165, 1.54) is 6.07 Å². The number of nitrogens with one attached hydrogen (secondary N) is 1. The average molecular weight is 398 g/mol. The van der Waals surface area contributed by atoms with Crippen LogP contribution in [0.4, 0.5) is 4.79 Å². The molecule has 3 rings (SSSR count). The largest absolute Gasteiger partial charge is 0.338 e. The minimum Gasteiger partial charge on any atom is -0.338 e. The number of hydrogen-bond acceptors (Lipinski definition) is 3. The summed E-state index contributed by atoms with van der Waals surface area (Å²) in [4.78, 5) is 40.7. The number of benzene rings is 1. The first-order valence-corrected chi connectivity index (χ1v) is 9.38. The fourth-order valence-corrected chi connectivity index (χ4v) is 4.21. The highest BCUT2D eigenvalue weighted by molar-refractivity contribution is 6.35. The van der Waals surface area contributed by atoms with E-state index in [2.05, 4.69) is 5.32 Å². The molecule has 0 aliphatic carbocycles. The third kappa shape index (κ3) is 3.28. The molecule has 6 nitrogen and oxygen atoms in total. The first kappa shape index (κ1) is 19.0. The maximum Gasteiger partial charge on any atom is 0.325 e. The van der Waals surface area contributed by atoms with Crippen molar-refractivity contribution in [2.45, 2.75) is 44.7 Å². The monoisotopic (exact) mass is 397 g/mol. The fraction of sp³-hybridized carbons (Fsp3) is 0.500. The highest BCUT2D eigenvalue weighted by Gasteiger charge is 2.50. The van der Waals surface area contributed by atoms with Gasteiger partial charge in [0.1, 0.15) is 12.1 Å². The number of halogens is 2. The lowest BCUT2D eigenvalue weighted by atomic mass is 9.92. The summed E-state index contributed by atoms with van der Waals surface area (Å²) in [6, 6.07) is 4.26. The molecule has 1 N–H and O–H groups in total. The van der Waals surface area contributed by atoms with Gasteiger partial charge < -0.3 is 10.2 Å². The molecule has 2 aliphatic rings. The lowest BCUT2D eigenvalue weighted by Gasteiger charge is -2.34. The van der Waals surface area contributed by atoms with Crippen LogP contribution in [-0.4, -0.2) is 46.8 Å². The Labute approximate surface area is 162 Å². The van der Waals surface area contributed by atoms with Crippen LogP contribution in [-0.2, 0) is 15.1 Å². The third-order valence-corrected chi connectivity index (χ3v) is 5.71. The maximum absolute atomic E-state index is 13.0. The van der Waals surface area contributed by atoms with Crippen LogP contribution in [0.5, 0.6) is 0 Å². The van der Waals surface area contributed by atoms with Gasteiger partial charge in [-0.25, -0.2) is 4.79 Å². The summed E-state index contributed by atoms with van der Waals surface area (Å²) < 4.78 is 0. The Bertz CT molecular complexity index is 770. The SMILES string of the molecule is CC1CCCCN1C(=O)CN1C(=O)NC(C)(c2ccc(Cl)cc2Cl)C1=O. The highest BCUT2D eigenvalue weighted by atomic mass is 35.5. The number of imide groups is 1. The Balaban J connectivity index is 1.81. The topological polar surface area (TPSA) is 69.7 Å². The van der Waals surface area contributed by atoms with E-state index in [0.29, 0.717) is 17.1 Å². The van der Waals surface area contributed by atoms with Crippen LogP contribution in [0.3, 0.4) is 0 Å². The van der Waals surface area contributed by atoms with Gasteiger partial charge in [0.2, 0.25) is 5.91 Å². The molecule has 140 valence electrons. The molecule has 2 unspecified atom stereocenters. The summed E-state index contributed by atoms with van der Waals surface area (Å²) in [5.74, 6) is -0.711. The summed E-state index contributed by atoms with van der Waals surface area (Å²) >= 11 is 12.1. The standard InChI is InChI=1S/C18H21Cl2N3O3/c1-11-5-3-4-8-22(11)15(24)10-23-16(25)18(2,21-17(23)26)13-7-6-12(19)9-14(13)20/h6-7,9,11H,3-5,8,10H2,1-2H3,(H,21,26). The van der Waals surface area contributed by atoms with Gasteiger partial charge in [-0.3, -0.25) is 14.5 Å². The van der Waals surface area contributed by atoms with Crippen LogP contribution in [0.1, 0.15) is 38.7 Å². The smallest absolute Gasteiger partial charge is 0.325 e. The Morgan fingerprint density at radius 1 is 1.31 bits per heavy atom. The minimum absolute atomic E-state index is 0.120. The number of piperidine rings is 1.